The second-order valence-electron chi connectivity index (χ2n) is 3.49. The van der Waals surface area contributed by atoms with Gasteiger partial charge in [0.15, 0.2) is 5.15 Å². The number of thiazole rings is 1. The highest BCUT2D eigenvalue weighted by molar-refractivity contribution is 7.18. The van der Waals surface area contributed by atoms with Crippen LogP contribution in [0.25, 0.3) is 0 Å². The summed E-state index contributed by atoms with van der Waals surface area (Å²) in [6.07, 6.45) is 0. The molecule has 0 unspecified atom stereocenters. The van der Waals surface area contributed by atoms with E-state index in [1.165, 1.54) is 0 Å². The lowest BCUT2D eigenvalue weighted by molar-refractivity contribution is 0.408. The molecule has 0 saturated heterocycles. The first-order chi connectivity index (χ1) is 8.51. The summed E-state index contributed by atoms with van der Waals surface area (Å²) in [5.41, 5.74) is 7.24. The maximum Gasteiger partial charge on any atom is 0.281 e. The van der Waals surface area contributed by atoms with Crippen LogP contribution in [0, 0.1) is 6.92 Å². The van der Waals surface area contributed by atoms with Gasteiger partial charge in [0.1, 0.15) is 15.8 Å². The third-order valence-corrected chi connectivity index (χ3v) is 3.95. The Balaban J connectivity index is 2.36. The zero-order chi connectivity index (χ0) is 13.3. The van der Waals surface area contributed by atoms with E-state index >= 15 is 0 Å². The van der Waals surface area contributed by atoms with Gasteiger partial charge in [-0.1, -0.05) is 34.5 Å². The first-order valence-electron chi connectivity index (χ1n) is 4.95. The highest BCUT2D eigenvalue weighted by atomic mass is 35.5. The molecule has 0 aliphatic carbocycles. The van der Waals surface area contributed by atoms with Crippen molar-refractivity contribution in [3.8, 4) is 16.7 Å². The van der Waals surface area contributed by atoms with Crippen molar-refractivity contribution < 1.29 is 9.47 Å². The van der Waals surface area contributed by atoms with Gasteiger partial charge in [0.05, 0.1) is 7.11 Å². The van der Waals surface area contributed by atoms with Gasteiger partial charge in [0.2, 0.25) is 0 Å². The van der Waals surface area contributed by atoms with Crippen LogP contribution in [0.5, 0.6) is 16.7 Å². The Morgan fingerprint density at radius 1 is 1.33 bits per heavy atom. The number of halogens is 2. The number of nitrogen functional groups attached to an aromatic ring is 1. The maximum absolute atomic E-state index is 5.86. The molecule has 0 aliphatic heterocycles. The van der Waals surface area contributed by atoms with Crippen LogP contribution in [0.4, 0.5) is 5.69 Å². The number of aromatic nitrogens is 1. The average molecular weight is 305 g/mol. The molecule has 1 aromatic carbocycles. The highest BCUT2D eigenvalue weighted by Gasteiger charge is 2.12. The molecule has 18 heavy (non-hydrogen) atoms. The van der Waals surface area contributed by atoms with E-state index in [-0.39, 0.29) is 5.15 Å². The number of benzene rings is 1. The van der Waals surface area contributed by atoms with Crippen LogP contribution < -0.4 is 15.2 Å². The lowest BCUT2D eigenvalue weighted by atomic mass is 10.2. The fraction of sp³-hybridized carbons (Fsp3) is 0.182. The van der Waals surface area contributed by atoms with E-state index in [1.807, 2.05) is 6.92 Å². The van der Waals surface area contributed by atoms with Crippen molar-refractivity contribution in [3.05, 3.63) is 27.2 Å². The van der Waals surface area contributed by atoms with Crippen LogP contribution in [0.2, 0.25) is 9.49 Å². The summed E-state index contributed by atoms with van der Waals surface area (Å²) in [4.78, 5) is 3.98. The first kappa shape index (κ1) is 13.3. The van der Waals surface area contributed by atoms with Crippen molar-refractivity contribution in [2.24, 2.45) is 0 Å². The topological polar surface area (TPSA) is 57.4 Å². The smallest absolute Gasteiger partial charge is 0.281 e. The molecule has 0 amide bonds. The van der Waals surface area contributed by atoms with Gasteiger partial charge in [-0.15, -0.1) is 0 Å². The van der Waals surface area contributed by atoms with E-state index in [0.29, 0.717) is 26.7 Å². The van der Waals surface area contributed by atoms with E-state index < -0.39 is 0 Å². The summed E-state index contributed by atoms with van der Waals surface area (Å²) in [6, 6.07) is 3.46. The number of nitrogens with zero attached hydrogens (tertiary/aromatic N) is 1. The Hall–Kier alpha value is -1.17. The second-order valence-corrected chi connectivity index (χ2v) is 5.41. The Kier molecular flexibility index (Phi) is 3.85. The monoisotopic (exact) mass is 304 g/mol. The zero-order valence-corrected chi connectivity index (χ0v) is 12.0. The van der Waals surface area contributed by atoms with Crippen molar-refractivity contribution in [3.63, 3.8) is 0 Å². The van der Waals surface area contributed by atoms with Gasteiger partial charge in [-0.2, -0.15) is 4.98 Å². The molecular weight excluding hydrogens is 295 g/mol. The first-order valence-corrected chi connectivity index (χ1v) is 6.52. The van der Waals surface area contributed by atoms with E-state index in [1.54, 1.807) is 19.2 Å². The minimum absolute atomic E-state index is 0.227. The highest BCUT2D eigenvalue weighted by Crippen LogP contribution is 2.38. The van der Waals surface area contributed by atoms with E-state index in [9.17, 15) is 0 Å². The van der Waals surface area contributed by atoms with Crippen molar-refractivity contribution >= 4 is 40.2 Å². The van der Waals surface area contributed by atoms with E-state index in [4.69, 9.17) is 38.4 Å². The number of hydrogen-bond acceptors (Lipinski definition) is 5. The van der Waals surface area contributed by atoms with Crippen LogP contribution in [0.15, 0.2) is 12.1 Å². The largest absolute Gasteiger partial charge is 0.497 e. The summed E-state index contributed by atoms with van der Waals surface area (Å²) < 4.78 is 11.1. The number of hydrogen-bond donors (Lipinski definition) is 1. The fourth-order valence-electron chi connectivity index (χ4n) is 1.31. The molecule has 1 aromatic heterocycles. The summed E-state index contributed by atoms with van der Waals surface area (Å²) >= 11 is 12.7. The van der Waals surface area contributed by atoms with E-state index in [2.05, 4.69) is 4.98 Å². The standard InChI is InChI=1S/C11H10Cl2N2O2S/c1-5-7(14)3-6(16-2)4-8(5)17-11-15-9(12)10(13)18-11/h3-4H,14H2,1-2H3. The van der Waals surface area contributed by atoms with Crippen LogP contribution in [0.3, 0.4) is 0 Å². The number of anilines is 1. The van der Waals surface area contributed by atoms with Gasteiger partial charge in [-0.25, -0.2) is 0 Å². The van der Waals surface area contributed by atoms with Crippen molar-refractivity contribution in [2.75, 3.05) is 12.8 Å². The quantitative estimate of drug-likeness (QED) is 0.866. The second kappa shape index (κ2) is 5.22. The van der Waals surface area contributed by atoms with Crippen LogP contribution >= 0.6 is 34.5 Å². The molecule has 4 nitrogen and oxygen atoms in total. The van der Waals surface area contributed by atoms with Gasteiger partial charge in [-0.05, 0) is 6.92 Å². The predicted molar refractivity (Wildman–Crippen MR) is 74.4 cm³/mol. The molecule has 2 rings (SSSR count). The van der Waals surface area contributed by atoms with Gasteiger partial charge < -0.3 is 15.2 Å². The Bertz CT molecular complexity index is 567. The van der Waals surface area contributed by atoms with Crippen LogP contribution in [0.1, 0.15) is 5.56 Å². The fourth-order valence-corrected chi connectivity index (χ4v) is 2.34. The maximum atomic E-state index is 5.86. The predicted octanol–water partition coefficient (Wildman–Crippen LogP) is 4.14. The molecule has 0 saturated carbocycles. The molecule has 2 aromatic rings. The summed E-state index contributed by atoms with van der Waals surface area (Å²) in [6.45, 7) is 1.85. The van der Waals surface area contributed by atoms with Crippen molar-refractivity contribution in [2.45, 2.75) is 6.92 Å². The number of methoxy groups -OCH3 is 1. The minimum Gasteiger partial charge on any atom is -0.497 e. The number of ether oxygens (including phenoxy) is 2. The third kappa shape index (κ3) is 2.63. The Morgan fingerprint density at radius 3 is 2.61 bits per heavy atom. The lowest BCUT2D eigenvalue weighted by Gasteiger charge is -2.10. The van der Waals surface area contributed by atoms with Crippen molar-refractivity contribution in [1.29, 1.82) is 0 Å². The molecule has 0 radical (unpaired) electrons. The van der Waals surface area contributed by atoms with Gasteiger partial charge >= 0.3 is 0 Å². The molecule has 2 N–H and O–H groups in total. The molecule has 0 aliphatic rings. The SMILES string of the molecule is COc1cc(N)c(C)c(Oc2nc(Cl)c(Cl)s2)c1. The van der Waals surface area contributed by atoms with Gasteiger partial charge in [0.25, 0.3) is 5.19 Å². The molecule has 0 bridgehead atoms. The molecule has 96 valence electrons. The van der Waals surface area contributed by atoms with E-state index in [0.717, 1.165) is 16.9 Å². The zero-order valence-electron chi connectivity index (χ0n) is 9.66. The van der Waals surface area contributed by atoms with Gasteiger partial charge in [-0.3, -0.25) is 0 Å². The molecule has 0 spiro atoms. The summed E-state index contributed by atoms with van der Waals surface area (Å²) in [5, 5.41) is 0.589. The summed E-state index contributed by atoms with van der Waals surface area (Å²) in [5.74, 6) is 1.18. The molecular formula is C11H10Cl2N2O2S. The Labute approximate surface area is 118 Å². The molecule has 7 heteroatoms. The number of nitrogens with two attached hydrogens (primary N) is 1. The molecule has 1 heterocycles. The van der Waals surface area contributed by atoms with Crippen molar-refractivity contribution in [1.82, 2.24) is 4.98 Å². The number of rotatable bonds is 3. The molecule has 0 fully saturated rings. The minimum atomic E-state index is 0.227. The average Bonchev–Trinajstić information content (AvgIpc) is 2.64. The van der Waals surface area contributed by atoms with Gasteiger partial charge in [0, 0.05) is 23.4 Å². The normalized spacial score (nSPS) is 10.4. The lowest BCUT2D eigenvalue weighted by Crippen LogP contribution is -1.95. The van der Waals surface area contributed by atoms with Crippen LogP contribution in [-0.2, 0) is 0 Å². The third-order valence-electron chi connectivity index (χ3n) is 2.34. The molecule has 0 atom stereocenters. The van der Waals surface area contributed by atoms with Crippen LogP contribution in [-0.4, -0.2) is 12.1 Å². The summed E-state index contributed by atoms with van der Waals surface area (Å²) in [7, 11) is 1.56. The Morgan fingerprint density at radius 2 is 2.06 bits per heavy atom.